The van der Waals surface area contributed by atoms with Gasteiger partial charge in [0.25, 0.3) is 0 Å². The smallest absolute Gasteiger partial charge is 0.425 e. The molecule has 1 aromatic rings. The maximum absolute atomic E-state index is 11.2. The van der Waals surface area contributed by atoms with E-state index in [4.69, 9.17) is 11.6 Å². The Hall–Kier alpha value is -1.95. The Morgan fingerprint density at radius 2 is 2.06 bits per heavy atom. The van der Waals surface area contributed by atoms with E-state index in [0.29, 0.717) is 10.7 Å². The molecule has 0 heterocycles. The van der Waals surface area contributed by atoms with E-state index in [1.165, 1.54) is 7.11 Å². The average Bonchev–Trinajstić information content (AvgIpc) is 2.26. The Kier molecular flexibility index (Phi) is 4.41. The summed E-state index contributed by atoms with van der Waals surface area (Å²) in [6.07, 6.45) is -0.763. The number of hydrogen-bond donors (Lipinski definition) is 3. The van der Waals surface area contributed by atoms with Crippen LogP contribution in [-0.4, -0.2) is 19.2 Å². The van der Waals surface area contributed by atoms with Crippen molar-refractivity contribution in [2.75, 3.05) is 12.4 Å². The number of methoxy groups -OCH3 is 1. The van der Waals surface area contributed by atoms with E-state index in [-0.39, 0.29) is 0 Å². The Balaban J connectivity index is 2.43. The molecule has 0 unspecified atom stereocenters. The first-order valence-electron chi connectivity index (χ1n) is 4.28. The minimum Gasteiger partial charge on any atom is -0.452 e. The summed E-state index contributed by atoms with van der Waals surface area (Å²) in [5, 5.41) is 2.96. The molecule has 0 fully saturated rings. The summed E-state index contributed by atoms with van der Waals surface area (Å²) in [5.74, 6) is 0. The zero-order valence-corrected chi connectivity index (χ0v) is 9.17. The van der Waals surface area contributed by atoms with Crippen LogP contribution in [-0.2, 0) is 4.74 Å². The molecule has 0 saturated carbocycles. The van der Waals surface area contributed by atoms with Gasteiger partial charge in [0.15, 0.2) is 0 Å². The second-order valence-electron chi connectivity index (χ2n) is 2.71. The van der Waals surface area contributed by atoms with Crippen molar-refractivity contribution in [3.63, 3.8) is 0 Å². The molecular weight excluding hydrogens is 234 g/mol. The molecule has 7 heteroatoms. The Morgan fingerprint density at radius 1 is 1.31 bits per heavy atom. The summed E-state index contributed by atoms with van der Waals surface area (Å²) < 4.78 is 4.26. The molecule has 3 amide bonds. The molecule has 0 aliphatic rings. The van der Waals surface area contributed by atoms with Crippen LogP contribution in [0.4, 0.5) is 15.3 Å². The van der Waals surface area contributed by atoms with Gasteiger partial charge in [0.05, 0.1) is 7.11 Å². The molecule has 86 valence electrons. The van der Waals surface area contributed by atoms with Gasteiger partial charge in [0.2, 0.25) is 0 Å². The van der Waals surface area contributed by atoms with Crippen LogP contribution in [0.1, 0.15) is 0 Å². The fourth-order valence-corrected chi connectivity index (χ4v) is 1.08. The van der Waals surface area contributed by atoms with Crippen LogP contribution >= 0.6 is 11.6 Å². The van der Waals surface area contributed by atoms with Crippen LogP contribution < -0.4 is 16.2 Å². The van der Waals surface area contributed by atoms with Crippen molar-refractivity contribution in [3.8, 4) is 0 Å². The molecule has 16 heavy (non-hydrogen) atoms. The lowest BCUT2D eigenvalue weighted by Crippen LogP contribution is -2.43. The lowest BCUT2D eigenvalue weighted by molar-refractivity contribution is 0.166. The highest BCUT2D eigenvalue weighted by Gasteiger charge is 2.03. The number of ether oxygens (including phenoxy) is 1. The summed E-state index contributed by atoms with van der Waals surface area (Å²) in [6, 6.07) is 5.99. The molecule has 0 radical (unpaired) electrons. The quantitative estimate of drug-likeness (QED) is 0.657. The number of carbonyl (C=O) groups is 2. The minimum atomic E-state index is -0.763. The van der Waals surface area contributed by atoms with Crippen molar-refractivity contribution in [3.05, 3.63) is 29.3 Å². The maximum atomic E-state index is 11.2. The number of halogens is 1. The zero-order chi connectivity index (χ0) is 12.0. The normalized spacial score (nSPS) is 9.12. The highest BCUT2D eigenvalue weighted by Crippen LogP contribution is 2.14. The van der Waals surface area contributed by atoms with E-state index in [9.17, 15) is 9.59 Å². The monoisotopic (exact) mass is 243 g/mol. The molecular formula is C9H10ClN3O3. The fourth-order valence-electron chi connectivity index (χ4n) is 0.887. The first-order valence-corrected chi connectivity index (χ1v) is 4.66. The van der Waals surface area contributed by atoms with Gasteiger partial charge < -0.3 is 10.1 Å². The van der Waals surface area contributed by atoms with Crippen molar-refractivity contribution in [1.29, 1.82) is 0 Å². The average molecular weight is 244 g/mol. The zero-order valence-electron chi connectivity index (χ0n) is 8.41. The standard InChI is InChI=1S/C9H10ClN3O3/c1-16-9(15)13-12-8(14)11-7-4-2-3-6(10)5-7/h2-5H,1H3,(H,13,15)(H2,11,12,14). The number of rotatable bonds is 1. The second kappa shape index (κ2) is 5.82. The SMILES string of the molecule is COC(=O)NNC(=O)Nc1cccc(Cl)c1. The fraction of sp³-hybridized carbons (Fsp3) is 0.111. The third-order valence-corrected chi connectivity index (χ3v) is 1.78. The van der Waals surface area contributed by atoms with E-state index in [0.717, 1.165) is 0 Å². The molecule has 6 nitrogen and oxygen atoms in total. The molecule has 0 aliphatic carbocycles. The minimum absolute atomic E-state index is 0.499. The van der Waals surface area contributed by atoms with Gasteiger partial charge in [0.1, 0.15) is 0 Å². The molecule has 0 saturated heterocycles. The largest absolute Gasteiger partial charge is 0.452 e. The lowest BCUT2D eigenvalue weighted by Gasteiger charge is -2.07. The van der Waals surface area contributed by atoms with Gasteiger partial charge in [-0.3, -0.25) is 0 Å². The summed E-state index contributed by atoms with van der Waals surface area (Å²) in [7, 11) is 1.19. The van der Waals surface area contributed by atoms with Crippen LogP contribution in [0.5, 0.6) is 0 Å². The number of anilines is 1. The van der Waals surface area contributed by atoms with E-state index < -0.39 is 12.1 Å². The van der Waals surface area contributed by atoms with Crippen LogP contribution in [0, 0.1) is 0 Å². The van der Waals surface area contributed by atoms with Crippen molar-refractivity contribution in [2.45, 2.75) is 0 Å². The number of carbonyl (C=O) groups excluding carboxylic acids is 2. The number of hydrogen-bond acceptors (Lipinski definition) is 3. The highest BCUT2D eigenvalue weighted by atomic mass is 35.5. The molecule has 0 aromatic heterocycles. The molecule has 0 aliphatic heterocycles. The number of nitrogens with one attached hydrogen (secondary N) is 3. The Labute approximate surface area is 96.9 Å². The number of benzene rings is 1. The van der Waals surface area contributed by atoms with Gasteiger partial charge in [0, 0.05) is 10.7 Å². The van der Waals surface area contributed by atoms with Crippen molar-refractivity contribution < 1.29 is 14.3 Å². The van der Waals surface area contributed by atoms with Crippen molar-refractivity contribution >= 4 is 29.4 Å². The topological polar surface area (TPSA) is 79.5 Å². The van der Waals surface area contributed by atoms with Gasteiger partial charge in [-0.15, -0.1) is 0 Å². The van der Waals surface area contributed by atoms with E-state index in [1.54, 1.807) is 24.3 Å². The third kappa shape index (κ3) is 4.05. The van der Waals surface area contributed by atoms with Crippen LogP contribution in [0.25, 0.3) is 0 Å². The first kappa shape index (κ1) is 12.1. The highest BCUT2D eigenvalue weighted by molar-refractivity contribution is 6.30. The molecule has 0 spiro atoms. The van der Waals surface area contributed by atoms with Crippen molar-refractivity contribution in [2.24, 2.45) is 0 Å². The molecule has 0 bridgehead atoms. The van der Waals surface area contributed by atoms with E-state index >= 15 is 0 Å². The van der Waals surface area contributed by atoms with Gasteiger partial charge in [-0.25, -0.2) is 20.4 Å². The molecule has 1 aromatic carbocycles. The summed E-state index contributed by atoms with van der Waals surface area (Å²) in [6.45, 7) is 0. The predicted molar refractivity (Wildman–Crippen MR) is 59.1 cm³/mol. The summed E-state index contributed by atoms with van der Waals surface area (Å²) in [5.41, 5.74) is 4.61. The Bertz CT molecular complexity index is 397. The van der Waals surface area contributed by atoms with Gasteiger partial charge >= 0.3 is 12.1 Å². The van der Waals surface area contributed by atoms with E-state index in [2.05, 4.69) is 15.5 Å². The first-order chi connectivity index (χ1) is 7.61. The maximum Gasteiger partial charge on any atom is 0.425 e. The van der Waals surface area contributed by atoms with Crippen LogP contribution in [0.3, 0.4) is 0 Å². The predicted octanol–water partition coefficient (Wildman–Crippen LogP) is 1.73. The summed E-state index contributed by atoms with van der Waals surface area (Å²) in [4.78, 5) is 21.8. The van der Waals surface area contributed by atoms with Gasteiger partial charge in [-0.1, -0.05) is 17.7 Å². The van der Waals surface area contributed by atoms with Gasteiger partial charge in [-0.05, 0) is 18.2 Å². The number of urea groups is 1. The van der Waals surface area contributed by atoms with Crippen LogP contribution in [0.15, 0.2) is 24.3 Å². The third-order valence-electron chi connectivity index (χ3n) is 1.55. The van der Waals surface area contributed by atoms with Gasteiger partial charge in [-0.2, -0.15) is 0 Å². The lowest BCUT2D eigenvalue weighted by atomic mass is 10.3. The molecule has 0 atom stereocenters. The van der Waals surface area contributed by atoms with Crippen LogP contribution in [0.2, 0.25) is 5.02 Å². The summed E-state index contributed by atoms with van der Waals surface area (Å²) >= 11 is 5.72. The second-order valence-corrected chi connectivity index (χ2v) is 3.14. The number of amides is 3. The molecule has 3 N–H and O–H groups in total. The number of hydrazine groups is 1. The Morgan fingerprint density at radius 3 is 2.69 bits per heavy atom. The van der Waals surface area contributed by atoms with E-state index in [1.807, 2.05) is 5.43 Å². The molecule has 1 rings (SSSR count). The van der Waals surface area contributed by atoms with Crippen molar-refractivity contribution in [1.82, 2.24) is 10.9 Å².